The molecule has 0 amide bonds. The first kappa shape index (κ1) is 10.7. The van der Waals surface area contributed by atoms with Crippen LogP contribution in [0.25, 0.3) is 0 Å². The highest BCUT2D eigenvalue weighted by Crippen LogP contribution is 2.27. The molecule has 0 fully saturated rings. The minimum Gasteiger partial charge on any atom is -0.223 e. The lowest BCUT2D eigenvalue weighted by Gasteiger charge is -1.98. The van der Waals surface area contributed by atoms with Gasteiger partial charge < -0.3 is 0 Å². The lowest BCUT2D eigenvalue weighted by molar-refractivity contribution is 0.599. The van der Waals surface area contributed by atoms with E-state index in [9.17, 15) is 8.42 Å². The summed E-state index contributed by atoms with van der Waals surface area (Å²) < 4.78 is 23.4. The summed E-state index contributed by atoms with van der Waals surface area (Å²) in [6.45, 7) is 5.80. The lowest BCUT2D eigenvalue weighted by Crippen LogP contribution is -2.00. The zero-order chi connectivity index (χ0) is 10.1. The highest BCUT2D eigenvalue weighted by Gasteiger charge is 2.15. The Balaban J connectivity index is 3.06. The third-order valence-corrected chi connectivity index (χ3v) is 5.56. The Morgan fingerprint density at radius 2 is 2.00 bits per heavy atom. The van der Waals surface area contributed by atoms with Crippen molar-refractivity contribution in [2.45, 2.75) is 30.9 Å². The summed E-state index contributed by atoms with van der Waals surface area (Å²) in [5.74, 6) is 0.594. The topological polar surface area (TPSA) is 34.1 Å². The van der Waals surface area contributed by atoms with Crippen LogP contribution in [0.4, 0.5) is 0 Å². The molecule has 0 aliphatic carbocycles. The molecular weight excluding hydrogens is 204 g/mol. The molecule has 0 unspecified atom stereocenters. The predicted octanol–water partition coefficient (Wildman–Crippen LogP) is 2.67. The molecule has 74 valence electrons. The Kier molecular flexibility index (Phi) is 3.14. The number of thiophene rings is 1. The summed E-state index contributed by atoms with van der Waals surface area (Å²) in [7, 11) is -2.99. The second kappa shape index (κ2) is 3.80. The van der Waals surface area contributed by atoms with E-state index in [1.165, 1.54) is 11.3 Å². The zero-order valence-electron chi connectivity index (χ0n) is 8.07. The van der Waals surface area contributed by atoms with Gasteiger partial charge in [0.05, 0.1) is 5.75 Å². The van der Waals surface area contributed by atoms with Crippen LogP contribution in [0.15, 0.2) is 16.3 Å². The quantitative estimate of drug-likeness (QED) is 0.781. The number of rotatable bonds is 3. The summed E-state index contributed by atoms with van der Waals surface area (Å²) in [4.78, 5) is 1.13. The minimum absolute atomic E-state index is 0.186. The molecule has 0 N–H and O–H groups in total. The average molecular weight is 218 g/mol. The van der Waals surface area contributed by atoms with Crippen LogP contribution in [0, 0.1) is 0 Å². The molecule has 1 aromatic rings. The van der Waals surface area contributed by atoms with Crippen LogP contribution < -0.4 is 0 Å². The highest BCUT2D eigenvalue weighted by molar-refractivity contribution is 7.93. The summed E-state index contributed by atoms with van der Waals surface area (Å²) in [5.41, 5.74) is 0. The maximum Gasteiger partial charge on any atom is 0.187 e. The van der Waals surface area contributed by atoms with Crippen molar-refractivity contribution in [1.82, 2.24) is 0 Å². The number of sulfone groups is 1. The van der Waals surface area contributed by atoms with E-state index in [2.05, 4.69) is 13.8 Å². The van der Waals surface area contributed by atoms with Gasteiger partial charge in [-0.15, -0.1) is 11.3 Å². The van der Waals surface area contributed by atoms with Crippen LogP contribution in [-0.4, -0.2) is 14.2 Å². The van der Waals surface area contributed by atoms with Crippen molar-refractivity contribution >= 4 is 21.2 Å². The van der Waals surface area contributed by atoms with Gasteiger partial charge in [-0.3, -0.25) is 0 Å². The first-order valence-electron chi connectivity index (χ1n) is 4.30. The normalized spacial score (nSPS) is 12.3. The van der Waals surface area contributed by atoms with E-state index < -0.39 is 9.84 Å². The van der Waals surface area contributed by atoms with Crippen LogP contribution in [0.1, 0.15) is 31.6 Å². The van der Waals surface area contributed by atoms with E-state index in [0.29, 0.717) is 10.1 Å². The second-order valence-corrected chi connectivity index (χ2v) is 6.84. The molecule has 0 saturated carbocycles. The van der Waals surface area contributed by atoms with Gasteiger partial charge in [0.15, 0.2) is 9.84 Å². The molecule has 0 saturated heterocycles. The van der Waals surface area contributed by atoms with Crippen LogP contribution in [0.5, 0.6) is 0 Å². The van der Waals surface area contributed by atoms with Crippen LogP contribution in [0.2, 0.25) is 0 Å². The van der Waals surface area contributed by atoms with Gasteiger partial charge in [0.25, 0.3) is 0 Å². The van der Waals surface area contributed by atoms with Crippen LogP contribution >= 0.6 is 11.3 Å². The molecule has 0 aliphatic heterocycles. The van der Waals surface area contributed by atoms with Gasteiger partial charge in [0.1, 0.15) is 4.21 Å². The molecule has 2 nitrogen and oxygen atoms in total. The molecule has 1 aromatic heterocycles. The Morgan fingerprint density at radius 3 is 2.38 bits per heavy atom. The largest absolute Gasteiger partial charge is 0.223 e. The second-order valence-electron chi connectivity index (χ2n) is 3.21. The van der Waals surface area contributed by atoms with Gasteiger partial charge in [0, 0.05) is 4.88 Å². The molecule has 1 heterocycles. The average Bonchev–Trinajstić information content (AvgIpc) is 2.52. The van der Waals surface area contributed by atoms with Crippen molar-refractivity contribution in [3.63, 3.8) is 0 Å². The van der Waals surface area contributed by atoms with Crippen LogP contribution in [-0.2, 0) is 9.84 Å². The van der Waals surface area contributed by atoms with Crippen molar-refractivity contribution in [2.24, 2.45) is 0 Å². The van der Waals surface area contributed by atoms with Crippen LogP contribution in [0.3, 0.4) is 0 Å². The van der Waals surface area contributed by atoms with Crippen molar-refractivity contribution in [1.29, 1.82) is 0 Å². The van der Waals surface area contributed by atoms with Gasteiger partial charge in [-0.25, -0.2) is 8.42 Å². The fraction of sp³-hybridized carbons (Fsp3) is 0.556. The molecular formula is C9H14O2S2. The number of hydrogen-bond donors (Lipinski definition) is 0. The van der Waals surface area contributed by atoms with E-state index in [1.807, 2.05) is 6.07 Å². The van der Waals surface area contributed by atoms with Gasteiger partial charge >= 0.3 is 0 Å². The lowest BCUT2D eigenvalue weighted by atomic mass is 10.2. The fourth-order valence-corrected chi connectivity index (χ4v) is 3.40. The molecule has 0 radical (unpaired) electrons. The summed E-state index contributed by atoms with van der Waals surface area (Å²) in [5, 5.41) is 0. The van der Waals surface area contributed by atoms with E-state index in [4.69, 9.17) is 0 Å². The molecule has 1 rings (SSSR count). The van der Waals surface area contributed by atoms with Crippen molar-refractivity contribution in [2.75, 3.05) is 5.75 Å². The molecule has 0 aliphatic rings. The predicted molar refractivity (Wildman–Crippen MR) is 56.1 cm³/mol. The van der Waals surface area contributed by atoms with E-state index in [1.54, 1.807) is 13.0 Å². The van der Waals surface area contributed by atoms with E-state index in [-0.39, 0.29) is 5.75 Å². The van der Waals surface area contributed by atoms with Gasteiger partial charge in [0.2, 0.25) is 0 Å². The third kappa shape index (κ3) is 2.31. The SMILES string of the molecule is CCS(=O)(=O)c1ccc(C(C)C)s1. The molecule has 0 aromatic carbocycles. The van der Waals surface area contributed by atoms with Gasteiger partial charge in [-0.05, 0) is 18.1 Å². The first-order valence-corrected chi connectivity index (χ1v) is 6.76. The van der Waals surface area contributed by atoms with E-state index >= 15 is 0 Å². The van der Waals surface area contributed by atoms with E-state index in [0.717, 1.165) is 4.88 Å². The number of hydrogen-bond acceptors (Lipinski definition) is 3. The molecule has 0 bridgehead atoms. The Morgan fingerprint density at radius 1 is 1.38 bits per heavy atom. The zero-order valence-corrected chi connectivity index (χ0v) is 9.71. The van der Waals surface area contributed by atoms with Crippen molar-refractivity contribution < 1.29 is 8.42 Å². The first-order chi connectivity index (χ1) is 5.97. The summed E-state index contributed by atoms with van der Waals surface area (Å²) in [6, 6.07) is 3.61. The monoisotopic (exact) mass is 218 g/mol. The molecule has 0 spiro atoms. The molecule has 13 heavy (non-hydrogen) atoms. The van der Waals surface area contributed by atoms with Crippen molar-refractivity contribution in [3.05, 3.63) is 17.0 Å². The van der Waals surface area contributed by atoms with Crippen molar-refractivity contribution in [3.8, 4) is 0 Å². The molecule has 0 atom stereocenters. The summed E-state index contributed by atoms with van der Waals surface area (Å²) >= 11 is 1.38. The van der Waals surface area contributed by atoms with Gasteiger partial charge in [-0.2, -0.15) is 0 Å². The Bertz CT molecular complexity index is 374. The fourth-order valence-electron chi connectivity index (χ4n) is 0.954. The highest BCUT2D eigenvalue weighted by atomic mass is 32.2. The van der Waals surface area contributed by atoms with Gasteiger partial charge in [-0.1, -0.05) is 20.8 Å². The third-order valence-electron chi connectivity index (χ3n) is 1.86. The minimum atomic E-state index is -2.99. The molecule has 4 heteroatoms. The Labute approximate surface area is 83.5 Å². The summed E-state index contributed by atoms with van der Waals surface area (Å²) in [6.07, 6.45) is 0. The Hall–Kier alpha value is -0.350. The standard InChI is InChI=1S/C9H14O2S2/c1-4-13(10,11)9-6-5-8(12-9)7(2)3/h5-7H,4H2,1-3H3. The smallest absolute Gasteiger partial charge is 0.187 e. The maximum atomic E-state index is 11.4. The maximum absolute atomic E-state index is 11.4.